The van der Waals surface area contributed by atoms with Gasteiger partial charge in [-0.25, -0.2) is 4.98 Å². The van der Waals surface area contributed by atoms with Crippen LogP contribution in [0.3, 0.4) is 0 Å². The summed E-state index contributed by atoms with van der Waals surface area (Å²) in [7, 11) is 0. The number of piperidine rings is 1. The van der Waals surface area contributed by atoms with Crippen molar-refractivity contribution < 1.29 is 5.11 Å². The van der Waals surface area contributed by atoms with Crippen LogP contribution in [0.2, 0.25) is 0 Å². The lowest BCUT2D eigenvalue weighted by Gasteiger charge is -2.32. The lowest BCUT2D eigenvalue weighted by Crippen LogP contribution is -2.37. The Kier molecular flexibility index (Phi) is 3.25. The zero-order valence-corrected chi connectivity index (χ0v) is 10.9. The van der Waals surface area contributed by atoms with E-state index in [2.05, 4.69) is 11.0 Å². The van der Waals surface area contributed by atoms with Crippen molar-refractivity contribution in [3.63, 3.8) is 0 Å². The summed E-state index contributed by atoms with van der Waals surface area (Å²) in [6, 6.07) is 9.89. The summed E-state index contributed by atoms with van der Waals surface area (Å²) in [4.78, 5) is 6.96. The highest BCUT2D eigenvalue weighted by Crippen LogP contribution is 2.24. The molecule has 4 nitrogen and oxygen atoms in total. The van der Waals surface area contributed by atoms with E-state index in [0.29, 0.717) is 5.92 Å². The Bertz CT molecular complexity index is 585. The Morgan fingerprint density at radius 1 is 1.32 bits per heavy atom. The maximum Gasteiger partial charge on any atom is 0.129 e. The van der Waals surface area contributed by atoms with Crippen molar-refractivity contribution in [2.75, 3.05) is 30.3 Å². The molecule has 3 rings (SSSR count). The lowest BCUT2D eigenvalue weighted by atomic mass is 9.99. The number of nitrogens with zero attached hydrogens (tertiary/aromatic N) is 2. The van der Waals surface area contributed by atoms with E-state index in [0.717, 1.165) is 48.3 Å². The van der Waals surface area contributed by atoms with Crippen LogP contribution in [0, 0.1) is 5.92 Å². The molecule has 0 bridgehead atoms. The Morgan fingerprint density at radius 3 is 3.05 bits per heavy atom. The van der Waals surface area contributed by atoms with Crippen molar-refractivity contribution in [3.8, 4) is 0 Å². The fraction of sp³-hybridized carbons (Fsp3) is 0.400. The van der Waals surface area contributed by atoms with E-state index in [1.807, 2.05) is 24.3 Å². The molecule has 0 saturated carbocycles. The minimum atomic E-state index is 0.264. The number of aromatic nitrogens is 1. The molecule has 1 aromatic heterocycles. The lowest BCUT2D eigenvalue weighted by molar-refractivity contribution is 0.208. The molecule has 0 amide bonds. The molecule has 3 N–H and O–H groups in total. The maximum absolute atomic E-state index is 9.30. The van der Waals surface area contributed by atoms with Crippen molar-refractivity contribution in [3.05, 3.63) is 30.3 Å². The van der Waals surface area contributed by atoms with Crippen molar-refractivity contribution in [1.29, 1.82) is 0 Å². The number of pyridine rings is 1. The SMILES string of the molecule is Nc1ccc2nc(N3CCCC(CO)C3)ccc2c1. The van der Waals surface area contributed by atoms with Gasteiger partial charge in [-0.15, -0.1) is 0 Å². The van der Waals surface area contributed by atoms with E-state index >= 15 is 0 Å². The van der Waals surface area contributed by atoms with Gasteiger partial charge < -0.3 is 15.7 Å². The Hall–Kier alpha value is -1.81. The molecular weight excluding hydrogens is 238 g/mol. The molecule has 1 aliphatic heterocycles. The molecule has 2 aromatic rings. The van der Waals surface area contributed by atoms with Crippen LogP contribution in [-0.4, -0.2) is 29.8 Å². The molecule has 100 valence electrons. The normalized spacial score (nSPS) is 19.8. The molecule has 1 unspecified atom stereocenters. The van der Waals surface area contributed by atoms with Gasteiger partial charge in [-0.1, -0.05) is 0 Å². The van der Waals surface area contributed by atoms with Gasteiger partial charge in [0.1, 0.15) is 5.82 Å². The predicted molar refractivity (Wildman–Crippen MR) is 78.2 cm³/mol. The van der Waals surface area contributed by atoms with Crippen molar-refractivity contribution in [2.45, 2.75) is 12.8 Å². The van der Waals surface area contributed by atoms with Crippen LogP contribution in [0.15, 0.2) is 30.3 Å². The largest absolute Gasteiger partial charge is 0.399 e. The van der Waals surface area contributed by atoms with E-state index in [4.69, 9.17) is 10.7 Å². The molecule has 1 aliphatic rings. The van der Waals surface area contributed by atoms with Crippen LogP contribution in [0.25, 0.3) is 10.9 Å². The van der Waals surface area contributed by atoms with Gasteiger partial charge in [0.05, 0.1) is 5.52 Å². The fourth-order valence-corrected chi connectivity index (χ4v) is 2.73. The van der Waals surface area contributed by atoms with Gasteiger partial charge in [-0.2, -0.15) is 0 Å². The number of hydrogen-bond acceptors (Lipinski definition) is 4. The molecule has 1 fully saturated rings. The highest BCUT2D eigenvalue weighted by molar-refractivity contribution is 5.83. The molecule has 1 atom stereocenters. The third-order valence-corrected chi connectivity index (χ3v) is 3.80. The molecule has 4 heteroatoms. The second-order valence-corrected chi connectivity index (χ2v) is 5.26. The van der Waals surface area contributed by atoms with E-state index in [-0.39, 0.29) is 6.61 Å². The van der Waals surface area contributed by atoms with E-state index in [1.54, 1.807) is 0 Å². The molecule has 1 saturated heterocycles. The van der Waals surface area contributed by atoms with Crippen molar-refractivity contribution in [2.24, 2.45) is 5.92 Å². The third kappa shape index (κ3) is 2.49. The first-order valence-electron chi connectivity index (χ1n) is 6.78. The Balaban J connectivity index is 1.90. The van der Waals surface area contributed by atoms with Gasteiger partial charge >= 0.3 is 0 Å². The standard InChI is InChI=1S/C15H19N3O/c16-13-4-5-14-12(8-13)3-6-15(17-14)18-7-1-2-11(9-18)10-19/h3-6,8,11,19H,1-2,7,9-10,16H2. The van der Waals surface area contributed by atoms with Crippen molar-refractivity contribution in [1.82, 2.24) is 4.98 Å². The number of fused-ring (bicyclic) bond motifs is 1. The molecule has 0 spiro atoms. The van der Waals surface area contributed by atoms with Gasteiger partial charge in [0, 0.05) is 30.8 Å². The second-order valence-electron chi connectivity index (χ2n) is 5.26. The predicted octanol–water partition coefficient (Wildman–Crippen LogP) is 2.03. The summed E-state index contributed by atoms with van der Waals surface area (Å²) < 4.78 is 0. The average molecular weight is 257 g/mol. The number of nitrogen functional groups attached to an aromatic ring is 1. The van der Waals surface area contributed by atoms with Gasteiger partial charge in [0.15, 0.2) is 0 Å². The topological polar surface area (TPSA) is 62.4 Å². The number of rotatable bonds is 2. The molecule has 0 radical (unpaired) electrons. The van der Waals surface area contributed by atoms with Gasteiger partial charge in [0.2, 0.25) is 0 Å². The summed E-state index contributed by atoms with van der Waals surface area (Å²) in [5.74, 6) is 1.37. The summed E-state index contributed by atoms with van der Waals surface area (Å²) in [6.45, 7) is 2.18. The quantitative estimate of drug-likeness (QED) is 0.808. The summed E-state index contributed by atoms with van der Waals surface area (Å²) in [5, 5.41) is 10.4. The minimum Gasteiger partial charge on any atom is -0.399 e. The summed E-state index contributed by atoms with van der Waals surface area (Å²) in [5.41, 5.74) is 7.51. The first-order chi connectivity index (χ1) is 9.26. The molecule has 1 aromatic carbocycles. The highest BCUT2D eigenvalue weighted by Gasteiger charge is 2.20. The third-order valence-electron chi connectivity index (χ3n) is 3.80. The number of aliphatic hydroxyl groups excluding tert-OH is 1. The summed E-state index contributed by atoms with van der Waals surface area (Å²) >= 11 is 0. The van der Waals surface area contributed by atoms with Crippen molar-refractivity contribution >= 4 is 22.4 Å². The van der Waals surface area contributed by atoms with Crippen LogP contribution in [0.1, 0.15) is 12.8 Å². The van der Waals surface area contributed by atoms with Crippen LogP contribution < -0.4 is 10.6 Å². The molecule has 19 heavy (non-hydrogen) atoms. The first kappa shape index (κ1) is 12.2. The Morgan fingerprint density at radius 2 is 2.21 bits per heavy atom. The fourth-order valence-electron chi connectivity index (χ4n) is 2.73. The first-order valence-corrected chi connectivity index (χ1v) is 6.78. The monoisotopic (exact) mass is 257 g/mol. The van der Waals surface area contributed by atoms with Gasteiger partial charge in [-0.3, -0.25) is 0 Å². The zero-order valence-electron chi connectivity index (χ0n) is 10.9. The van der Waals surface area contributed by atoms with Crippen LogP contribution in [-0.2, 0) is 0 Å². The molecule has 0 aliphatic carbocycles. The zero-order chi connectivity index (χ0) is 13.2. The molecule has 2 heterocycles. The van der Waals surface area contributed by atoms with Crippen LogP contribution in [0.5, 0.6) is 0 Å². The Labute approximate surface area is 112 Å². The molecular formula is C15H19N3O. The minimum absolute atomic E-state index is 0.264. The second kappa shape index (κ2) is 5.05. The number of nitrogens with two attached hydrogens (primary N) is 1. The maximum atomic E-state index is 9.30. The number of hydrogen-bond donors (Lipinski definition) is 2. The number of aliphatic hydroxyl groups is 1. The van der Waals surface area contributed by atoms with E-state index in [1.165, 1.54) is 0 Å². The highest BCUT2D eigenvalue weighted by atomic mass is 16.3. The van der Waals surface area contributed by atoms with Crippen LogP contribution >= 0.6 is 0 Å². The van der Waals surface area contributed by atoms with Gasteiger partial charge in [0.25, 0.3) is 0 Å². The number of anilines is 2. The number of benzene rings is 1. The van der Waals surface area contributed by atoms with Gasteiger partial charge in [-0.05, 0) is 49.1 Å². The summed E-state index contributed by atoms with van der Waals surface area (Å²) in [6.07, 6.45) is 2.23. The van der Waals surface area contributed by atoms with E-state index < -0.39 is 0 Å². The average Bonchev–Trinajstić information content (AvgIpc) is 2.46. The smallest absolute Gasteiger partial charge is 0.129 e. The van der Waals surface area contributed by atoms with Crippen LogP contribution in [0.4, 0.5) is 11.5 Å². The van der Waals surface area contributed by atoms with E-state index in [9.17, 15) is 5.11 Å².